The first kappa shape index (κ1) is 21.2. The van der Waals surface area contributed by atoms with Crippen molar-refractivity contribution >= 4 is 39.2 Å². The molecule has 9 heteroatoms. The summed E-state index contributed by atoms with van der Waals surface area (Å²) in [6.45, 7) is 2.03. The predicted octanol–water partition coefficient (Wildman–Crippen LogP) is 5.10. The Balaban J connectivity index is 1.54. The number of allylic oxidation sites excluding steroid dienone is 1. The van der Waals surface area contributed by atoms with E-state index in [1.807, 2.05) is 61.5 Å². The van der Waals surface area contributed by atoms with E-state index in [1.165, 1.54) is 12.1 Å². The highest BCUT2D eigenvalue weighted by molar-refractivity contribution is 7.92. The molecule has 33 heavy (non-hydrogen) atoms. The van der Waals surface area contributed by atoms with E-state index in [4.69, 9.17) is 11.6 Å². The van der Waals surface area contributed by atoms with Crippen molar-refractivity contribution in [2.75, 3.05) is 10.0 Å². The SMILES string of the molecule is Cc1ccc([C@H]2C=C(c3ccc(Cl)cc3)Nc3nc(NS(=O)(=O)c4ccccc4)nn32)cc1. The van der Waals surface area contributed by atoms with Crippen LogP contribution in [0.5, 0.6) is 0 Å². The molecule has 5 rings (SSSR count). The summed E-state index contributed by atoms with van der Waals surface area (Å²) in [5.74, 6) is 0.419. The number of halogens is 1. The number of fused-ring (bicyclic) bond motifs is 1. The molecule has 0 saturated carbocycles. The molecule has 0 amide bonds. The Morgan fingerprint density at radius 2 is 1.67 bits per heavy atom. The number of anilines is 2. The summed E-state index contributed by atoms with van der Waals surface area (Å²) < 4.78 is 29.7. The van der Waals surface area contributed by atoms with Crippen LogP contribution in [0.25, 0.3) is 5.70 Å². The predicted molar refractivity (Wildman–Crippen MR) is 130 cm³/mol. The zero-order chi connectivity index (χ0) is 23.0. The third-order valence-electron chi connectivity index (χ3n) is 5.32. The molecule has 7 nitrogen and oxygen atoms in total. The fourth-order valence-electron chi connectivity index (χ4n) is 3.61. The Hall–Kier alpha value is -3.62. The van der Waals surface area contributed by atoms with Gasteiger partial charge in [0.1, 0.15) is 6.04 Å². The van der Waals surface area contributed by atoms with Gasteiger partial charge in [-0.2, -0.15) is 4.98 Å². The van der Waals surface area contributed by atoms with Crippen molar-refractivity contribution in [3.63, 3.8) is 0 Å². The highest BCUT2D eigenvalue weighted by Gasteiger charge is 2.27. The number of hydrogen-bond donors (Lipinski definition) is 2. The van der Waals surface area contributed by atoms with Gasteiger partial charge in [0.25, 0.3) is 16.0 Å². The first-order valence-corrected chi connectivity index (χ1v) is 12.1. The van der Waals surface area contributed by atoms with Crippen molar-refractivity contribution in [3.8, 4) is 0 Å². The van der Waals surface area contributed by atoms with Gasteiger partial charge < -0.3 is 5.32 Å². The minimum Gasteiger partial charge on any atom is -0.324 e. The van der Waals surface area contributed by atoms with Crippen LogP contribution in [-0.4, -0.2) is 23.2 Å². The monoisotopic (exact) mass is 477 g/mol. The lowest BCUT2D eigenvalue weighted by Gasteiger charge is -2.24. The van der Waals surface area contributed by atoms with Crippen LogP contribution >= 0.6 is 11.6 Å². The average molecular weight is 478 g/mol. The van der Waals surface area contributed by atoms with Crippen LogP contribution in [0.15, 0.2) is 89.8 Å². The smallest absolute Gasteiger partial charge is 0.264 e. The second kappa shape index (κ2) is 8.38. The van der Waals surface area contributed by atoms with E-state index in [0.717, 1.165) is 22.4 Å². The molecule has 0 aliphatic carbocycles. The molecule has 0 spiro atoms. The molecule has 1 aromatic heterocycles. The number of rotatable bonds is 5. The maximum absolute atomic E-state index is 12.8. The van der Waals surface area contributed by atoms with E-state index >= 15 is 0 Å². The Labute approximate surface area is 196 Å². The molecule has 2 N–H and O–H groups in total. The first-order valence-electron chi connectivity index (χ1n) is 10.2. The van der Waals surface area contributed by atoms with Crippen molar-refractivity contribution in [1.82, 2.24) is 14.8 Å². The van der Waals surface area contributed by atoms with E-state index in [2.05, 4.69) is 20.1 Å². The molecular formula is C24H20ClN5O2S. The van der Waals surface area contributed by atoms with Crippen LogP contribution in [0.4, 0.5) is 11.9 Å². The lowest BCUT2D eigenvalue weighted by molar-refractivity contribution is 0.598. The standard InChI is InChI=1S/C24H20ClN5O2S/c1-16-7-9-18(10-8-16)22-15-21(17-11-13-19(25)14-12-17)26-24-27-23(28-30(22)24)29-33(31,32)20-5-3-2-4-6-20/h2-15,22H,1H3,(H2,26,27,28,29)/t22-/m1/s1. The van der Waals surface area contributed by atoms with E-state index in [-0.39, 0.29) is 16.9 Å². The van der Waals surface area contributed by atoms with Gasteiger partial charge in [0.2, 0.25) is 5.95 Å². The summed E-state index contributed by atoms with van der Waals surface area (Å²) in [5, 5.41) is 8.38. The second-order valence-corrected chi connectivity index (χ2v) is 9.81. The highest BCUT2D eigenvalue weighted by atomic mass is 35.5. The number of nitrogens with zero attached hydrogens (tertiary/aromatic N) is 3. The van der Waals surface area contributed by atoms with E-state index in [0.29, 0.717) is 11.0 Å². The van der Waals surface area contributed by atoms with Crippen LogP contribution in [-0.2, 0) is 10.0 Å². The molecule has 0 fully saturated rings. The number of nitrogens with one attached hydrogen (secondary N) is 2. The largest absolute Gasteiger partial charge is 0.324 e. The Kier molecular flexibility index (Phi) is 5.39. The van der Waals surface area contributed by atoms with Gasteiger partial charge in [0.05, 0.1) is 4.90 Å². The fraction of sp³-hybridized carbons (Fsp3) is 0.0833. The Morgan fingerprint density at radius 3 is 2.36 bits per heavy atom. The highest BCUT2D eigenvalue weighted by Crippen LogP contribution is 2.34. The summed E-state index contributed by atoms with van der Waals surface area (Å²) in [7, 11) is -3.82. The van der Waals surface area contributed by atoms with Crippen LogP contribution in [0.2, 0.25) is 5.02 Å². The van der Waals surface area contributed by atoms with Crippen molar-refractivity contribution in [1.29, 1.82) is 0 Å². The first-order chi connectivity index (χ1) is 15.9. The van der Waals surface area contributed by atoms with Crippen molar-refractivity contribution in [3.05, 3.63) is 107 Å². The zero-order valence-corrected chi connectivity index (χ0v) is 19.2. The number of aromatic nitrogens is 3. The average Bonchev–Trinajstić information content (AvgIpc) is 3.22. The van der Waals surface area contributed by atoms with E-state index in [9.17, 15) is 8.42 Å². The molecule has 0 unspecified atom stereocenters. The molecule has 0 radical (unpaired) electrons. The summed E-state index contributed by atoms with van der Waals surface area (Å²) in [4.78, 5) is 4.57. The lowest BCUT2D eigenvalue weighted by atomic mass is 10.0. The minimum atomic E-state index is -3.82. The summed E-state index contributed by atoms with van der Waals surface area (Å²) in [6.07, 6.45) is 2.03. The fourth-order valence-corrected chi connectivity index (χ4v) is 4.70. The molecule has 1 aliphatic heterocycles. The van der Waals surface area contributed by atoms with Crippen LogP contribution in [0.1, 0.15) is 22.7 Å². The molecule has 1 aliphatic rings. The number of sulfonamides is 1. The summed E-state index contributed by atoms with van der Waals surface area (Å²) in [6, 6.07) is 23.4. The maximum atomic E-state index is 12.8. The van der Waals surface area contributed by atoms with Crippen LogP contribution < -0.4 is 10.0 Å². The Morgan fingerprint density at radius 1 is 0.970 bits per heavy atom. The molecule has 1 atom stereocenters. The van der Waals surface area contributed by atoms with Crippen molar-refractivity contribution in [2.45, 2.75) is 17.9 Å². The molecule has 3 aromatic carbocycles. The molecule has 4 aromatic rings. The van der Waals surface area contributed by atoms with Crippen LogP contribution in [0.3, 0.4) is 0 Å². The summed E-state index contributed by atoms with van der Waals surface area (Å²) in [5.41, 5.74) is 3.90. The van der Waals surface area contributed by atoms with E-state index in [1.54, 1.807) is 22.9 Å². The van der Waals surface area contributed by atoms with Crippen molar-refractivity contribution in [2.24, 2.45) is 0 Å². The topological polar surface area (TPSA) is 88.9 Å². The normalized spacial score (nSPS) is 15.3. The van der Waals surface area contributed by atoms with Gasteiger partial charge in [-0.1, -0.05) is 71.8 Å². The van der Waals surface area contributed by atoms with Gasteiger partial charge in [0, 0.05) is 10.7 Å². The molecule has 0 saturated heterocycles. The van der Waals surface area contributed by atoms with Crippen molar-refractivity contribution < 1.29 is 8.42 Å². The number of benzene rings is 3. The van der Waals surface area contributed by atoms with Gasteiger partial charge >= 0.3 is 0 Å². The minimum absolute atomic E-state index is 0.00998. The maximum Gasteiger partial charge on any atom is 0.264 e. The lowest BCUT2D eigenvalue weighted by Crippen LogP contribution is -2.20. The second-order valence-electron chi connectivity index (χ2n) is 7.69. The quantitative estimate of drug-likeness (QED) is 0.417. The van der Waals surface area contributed by atoms with E-state index < -0.39 is 10.0 Å². The van der Waals surface area contributed by atoms with Gasteiger partial charge in [-0.25, -0.2) is 17.8 Å². The molecular weight excluding hydrogens is 458 g/mol. The Bertz CT molecular complexity index is 1430. The number of aryl methyl sites for hydroxylation is 1. The third kappa shape index (κ3) is 4.35. The number of hydrogen-bond acceptors (Lipinski definition) is 5. The van der Waals surface area contributed by atoms with Gasteiger partial charge in [-0.3, -0.25) is 0 Å². The van der Waals surface area contributed by atoms with Gasteiger partial charge in [0.15, 0.2) is 0 Å². The van der Waals surface area contributed by atoms with Crippen LogP contribution in [0, 0.1) is 6.92 Å². The molecule has 0 bridgehead atoms. The molecule has 2 heterocycles. The molecule has 166 valence electrons. The zero-order valence-electron chi connectivity index (χ0n) is 17.6. The summed E-state index contributed by atoms with van der Waals surface area (Å²) >= 11 is 6.05. The van der Waals surface area contributed by atoms with Gasteiger partial charge in [-0.15, -0.1) is 5.10 Å². The van der Waals surface area contributed by atoms with Gasteiger partial charge in [-0.05, 0) is 48.4 Å². The third-order valence-corrected chi connectivity index (χ3v) is 6.92.